The Morgan fingerprint density at radius 3 is 2.93 bits per heavy atom. The van der Waals surface area contributed by atoms with Crippen LogP contribution in [0.25, 0.3) is 0 Å². The van der Waals surface area contributed by atoms with Crippen LogP contribution >= 0.6 is 11.8 Å². The number of aliphatic hydroxyl groups is 1. The Bertz CT molecular complexity index is 280. The van der Waals surface area contributed by atoms with Crippen LogP contribution in [0.5, 0.6) is 5.75 Å². The Morgan fingerprint density at radius 2 is 2.40 bits per heavy atom. The van der Waals surface area contributed by atoms with E-state index in [-0.39, 0.29) is 0 Å². The molecule has 0 aliphatic heterocycles. The largest absolute Gasteiger partial charge is 0.493 e. The first-order valence-corrected chi connectivity index (χ1v) is 6.40. The zero-order valence-corrected chi connectivity index (χ0v) is 10.3. The molecule has 1 aromatic heterocycles. The van der Waals surface area contributed by atoms with Crippen LogP contribution in [-0.2, 0) is 6.54 Å². The molecule has 0 radical (unpaired) electrons. The van der Waals surface area contributed by atoms with Crippen molar-refractivity contribution in [2.75, 3.05) is 19.1 Å². The smallest absolute Gasteiger partial charge is 0.162 e. The summed E-state index contributed by atoms with van der Waals surface area (Å²) in [7, 11) is 1.60. The lowest BCUT2D eigenvalue weighted by atomic mass is 10.2. The number of thioether (sulfide) groups is 1. The van der Waals surface area contributed by atoms with Crippen molar-refractivity contribution >= 4 is 11.8 Å². The first-order valence-electron chi connectivity index (χ1n) is 5.01. The van der Waals surface area contributed by atoms with E-state index in [2.05, 4.69) is 5.10 Å². The highest BCUT2D eigenvalue weighted by Crippen LogP contribution is 2.27. The molecule has 0 fully saturated rings. The van der Waals surface area contributed by atoms with Gasteiger partial charge in [0.1, 0.15) is 11.8 Å². The predicted octanol–water partition coefficient (Wildman–Crippen LogP) is 1.70. The van der Waals surface area contributed by atoms with Gasteiger partial charge in [-0.15, -0.1) is 0 Å². The lowest BCUT2D eigenvalue weighted by molar-refractivity contribution is 0.159. The van der Waals surface area contributed by atoms with Crippen molar-refractivity contribution in [3.8, 4) is 5.75 Å². The van der Waals surface area contributed by atoms with E-state index in [1.165, 1.54) is 0 Å². The van der Waals surface area contributed by atoms with Crippen LogP contribution in [0.15, 0.2) is 6.20 Å². The molecule has 1 atom stereocenters. The van der Waals surface area contributed by atoms with Crippen molar-refractivity contribution in [1.29, 1.82) is 0 Å². The number of rotatable bonds is 6. The number of aromatic nitrogens is 2. The first-order chi connectivity index (χ1) is 7.24. The van der Waals surface area contributed by atoms with E-state index in [0.29, 0.717) is 5.75 Å². The number of ether oxygens (including phenoxy) is 1. The Kier molecular flexibility index (Phi) is 4.98. The van der Waals surface area contributed by atoms with Gasteiger partial charge in [0.2, 0.25) is 0 Å². The van der Waals surface area contributed by atoms with E-state index in [9.17, 15) is 5.11 Å². The number of aryl methyl sites for hydroxylation is 1. The number of nitrogens with zero attached hydrogens (tertiary/aromatic N) is 2. The average Bonchev–Trinajstić information content (AvgIpc) is 2.68. The molecule has 0 aliphatic rings. The highest BCUT2D eigenvalue weighted by molar-refractivity contribution is 7.98. The number of hydrogen-bond acceptors (Lipinski definition) is 4. The molecule has 0 bridgehead atoms. The SMILES string of the molecule is CCn1ncc(OC)c1C(O)CCSC. The van der Waals surface area contributed by atoms with Gasteiger partial charge in [-0.3, -0.25) is 4.68 Å². The maximum Gasteiger partial charge on any atom is 0.162 e. The molecule has 1 rings (SSSR count). The summed E-state index contributed by atoms with van der Waals surface area (Å²) in [6.45, 7) is 2.74. The number of methoxy groups -OCH3 is 1. The van der Waals surface area contributed by atoms with Gasteiger partial charge in [0.15, 0.2) is 5.75 Å². The van der Waals surface area contributed by atoms with Crippen molar-refractivity contribution in [3.63, 3.8) is 0 Å². The fraction of sp³-hybridized carbons (Fsp3) is 0.700. The summed E-state index contributed by atoms with van der Waals surface area (Å²) in [5.41, 5.74) is 0.786. The molecule has 0 aliphatic carbocycles. The van der Waals surface area contributed by atoms with Crippen LogP contribution in [0.2, 0.25) is 0 Å². The van der Waals surface area contributed by atoms with Gasteiger partial charge < -0.3 is 9.84 Å². The first kappa shape index (κ1) is 12.4. The summed E-state index contributed by atoms with van der Waals surface area (Å²) in [5, 5.41) is 14.2. The Hall–Kier alpha value is -0.680. The monoisotopic (exact) mass is 230 g/mol. The van der Waals surface area contributed by atoms with Crippen molar-refractivity contribution < 1.29 is 9.84 Å². The van der Waals surface area contributed by atoms with Gasteiger partial charge in [-0.2, -0.15) is 16.9 Å². The molecule has 1 unspecified atom stereocenters. The summed E-state index contributed by atoms with van der Waals surface area (Å²) in [6.07, 6.45) is 3.92. The fourth-order valence-corrected chi connectivity index (χ4v) is 1.95. The molecule has 1 N–H and O–H groups in total. The summed E-state index contributed by atoms with van der Waals surface area (Å²) in [4.78, 5) is 0. The van der Waals surface area contributed by atoms with Crippen molar-refractivity contribution in [1.82, 2.24) is 9.78 Å². The van der Waals surface area contributed by atoms with Gasteiger partial charge in [-0.1, -0.05) is 0 Å². The predicted molar refractivity (Wildman–Crippen MR) is 62.4 cm³/mol. The minimum absolute atomic E-state index is 0.491. The molecule has 0 saturated heterocycles. The molecule has 0 saturated carbocycles. The van der Waals surface area contributed by atoms with E-state index >= 15 is 0 Å². The van der Waals surface area contributed by atoms with Gasteiger partial charge in [0, 0.05) is 6.54 Å². The van der Waals surface area contributed by atoms with Crippen molar-refractivity contribution in [2.24, 2.45) is 0 Å². The quantitative estimate of drug-likeness (QED) is 0.808. The third kappa shape index (κ3) is 2.89. The molecule has 1 aromatic rings. The molecule has 0 amide bonds. The fourth-order valence-electron chi connectivity index (χ4n) is 1.49. The molecule has 1 heterocycles. The van der Waals surface area contributed by atoms with Gasteiger partial charge in [0.25, 0.3) is 0 Å². The molecule has 86 valence electrons. The van der Waals surface area contributed by atoms with E-state index in [4.69, 9.17) is 4.74 Å². The summed E-state index contributed by atoms with van der Waals surface area (Å²) in [5.74, 6) is 1.60. The lowest BCUT2D eigenvalue weighted by Gasteiger charge is -2.13. The van der Waals surface area contributed by atoms with Crippen LogP contribution in [0.3, 0.4) is 0 Å². The molecule has 4 nitrogen and oxygen atoms in total. The maximum atomic E-state index is 10.0. The Morgan fingerprint density at radius 1 is 1.67 bits per heavy atom. The lowest BCUT2D eigenvalue weighted by Crippen LogP contribution is -2.09. The van der Waals surface area contributed by atoms with E-state index < -0.39 is 6.10 Å². The van der Waals surface area contributed by atoms with Gasteiger partial charge in [-0.25, -0.2) is 0 Å². The number of hydrogen-bond donors (Lipinski definition) is 1. The highest BCUT2D eigenvalue weighted by Gasteiger charge is 2.18. The summed E-state index contributed by atoms with van der Waals surface area (Å²) >= 11 is 1.72. The van der Waals surface area contributed by atoms with Crippen LogP contribution in [0.1, 0.15) is 25.1 Å². The molecule has 5 heteroatoms. The van der Waals surface area contributed by atoms with Crippen molar-refractivity contribution in [2.45, 2.75) is 26.0 Å². The van der Waals surface area contributed by atoms with E-state index in [0.717, 1.165) is 24.4 Å². The maximum absolute atomic E-state index is 10.0. The highest BCUT2D eigenvalue weighted by atomic mass is 32.2. The second-order valence-electron chi connectivity index (χ2n) is 3.21. The molecule has 0 aromatic carbocycles. The normalized spacial score (nSPS) is 12.8. The Labute approximate surface area is 94.6 Å². The van der Waals surface area contributed by atoms with E-state index in [1.807, 2.05) is 13.2 Å². The molecular weight excluding hydrogens is 212 g/mol. The second-order valence-corrected chi connectivity index (χ2v) is 4.20. The van der Waals surface area contributed by atoms with Crippen LogP contribution < -0.4 is 4.74 Å². The average molecular weight is 230 g/mol. The second kappa shape index (κ2) is 6.02. The Balaban J connectivity index is 2.83. The minimum Gasteiger partial charge on any atom is -0.493 e. The zero-order valence-electron chi connectivity index (χ0n) is 9.43. The summed E-state index contributed by atoms with van der Waals surface area (Å²) < 4.78 is 6.96. The van der Waals surface area contributed by atoms with Gasteiger partial charge in [-0.05, 0) is 25.4 Å². The molecular formula is C10H18N2O2S. The molecule has 15 heavy (non-hydrogen) atoms. The van der Waals surface area contributed by atoms with E-state index in [1.54, 1.807) is 29.8 Å². The molecule has 0 spiro atoms. The standard InChI is InChI=1S/C10H18N2O2S/c1-4-12-10(8(13)5-6-15-3)9(14-2)7-11-12/h7-8,13H,4-6H2,1-3H3. The topological polar surface area (TPSA) is 47.3 Å². The third-order valence-electron chi connectivity index (χ3n) is 2.28. The van der Waals surface area contributed by atoms with Crippen LogP contribution in [-0.4, -0.2) is 34.0 Å². The van der Waals surface area contributed by atoms with Gasteiger partial charge >= 0.3 is 0 Å². The number of aliphatic hydroxyl groups excluding tert-OH is 1. The van der Waals surface area contributed by atoms with Crippen LogP contribution in [0.4, 0.5) is 0 Å². The van der Waals surface area contributed by atoms with Crippen molar-refractivity contribution in [3.05, 3.63) is 11.9 Å². The van der Waals surface area contributed by atoms with Crippen LogP contribution in [0, 0.1) is 0 Å². The third-order valence-corrected chi connectivity index (χ3v) is 2.92. The summed E-state index contributed by atoms with van der Waals surface area (Å²) in [6, 6.07) is 0. The van der Waals surface area contributed by atoms with Gasteiger partial charge in [0.05, 0.1) is 13.3 Å². The zero-order chi connectivity index (χ0) is 11.3. The minimum atomic E-state index is -0.491.